The Bertz CT molecular complexity index is 740. The van der Waals surface area contributed by atoms with Crippen molar-refractivity contribution in [3.63, 3.8) is 0 Å². The third-order valence-electron chi connectivity index (χ3n) is 3.60. The topological polar surface area (TPSA) is 101 Å². The van der Waals surface area contributed by atoms with Crippen LogP contribution in [0.15, 0.2) is 29.2 Å². The summed E-state index contributed by atoms with van der Waals surface area (Å²) in [4.78, 5) is 33.4. The number of nitrogens with one attached hydrogen (secondary N) is 1. The minimum atomic E-state index is -0.333. The van der Waals surface area contributed by atoms with Gasteiger partial charge in [-0.15, -0.1) is 0 Å². The number of rotatable bonds is 3. The first kappa shape index (κ1) is 15.1. The van der Waals surface area contributed by atoms with Gasteiger partial charge in [-0.3, -0.25) is 9.59 Å². The Hall–Kier alpha value is -2.77. The quantitative estimate of drug-likeness (QED) is 0.887. The molecule has 1 atom stereocenters. The van der Waals surface area contributed by atoms with Crippen LogP contribution >= 0.6 is 0 Å². The summed E-state index contributed by atoms with van der Waals surface area (Å²) in [5.74, 6) is 0.941. The fourth-order valence-electron chi connectivity index (χ4n) is 2.52. The fraction of sp³-hybridized carbons (Fsp3) is 0.400. The highest BCUT2D eigenvalue weighted by atomic mass is 16.5. The number of H-pyrrole nitrogens is 1. The maximum Gasteiger partial charge on any atom is 0.274 e. The Morgan fingerprint density at radius 2 is 2.26 bits per heavy atom. The van der Waals surface area contributed by atoms with Gasteiger partial charge in [-0.25, -0.2) is 10.1 Å². The molecular formula is C15H17N5O3. The van der Waals surface area contributed by atoms with Crippen molar-refractivity contribution in [3.05, 3.63) is 46.3 Å². The smallest absolute Gasteiger partial charge is 0.274 e. The van der Waals surface area contributed by atoms with E-state index >= 15 is 0 Å². The number of likely N-dealkylation sites (tertiary alicyclic amines) is 1. The second-order valence-corrected chi connectivity index (χ2v) is 5.38. The minimum Gasteiger partial charge on any atom is -0.472 e. The molecule has 1 aliphatic rings. The molecule has 0 spiro atoms. The van der Waals surface area contributed by atoms with Gasteiger partial charge in [-0.1, -0.05) is 0 Å². The average molecular weight is 315 g/mol. The van der Waals surface area contributed by atoms with Crippen molar-refractivity contribution in [2.24, 2.45) is 0 Å². The number of aromatic nitrogens is 4. The standard InChI is InChI=1S/C15H17N5O3/c1-10-16-7-6-14(17-10)23-11-3-2-8-20(9-11)15(22)12-4-5-13(21)19-18-12/h4-7,11H,2-3,8-9H2,1H3,(H,19,21). The average Bonchev–Trinajstić information content (AvgIpc) is 2.55. The van der Waals surface area contributed by atoms with Crippen LogP contribution in [0.25, 0.3) is 0 Å². The summed E-state index contributed by atoms with van der Waals surface area (Å²) in [5.41, 5.74) is -0.108. The second-order valence-electron chi connectivity index (χ2n) is 5.38. The number of ether oxygens (including phenoxy) is 1. The van der Waals surface area contributed by atoms with Crippen molar-refractivity contribution in [1.29, 1.82) is 0 Å². The molecule has 3 heterocycles. The molecule has 2 aromatic heterocycles. The van der Waals surface area contributed by atoms with Crippen molar-refractivity contribution in [2.75, 3.05) is 13.1 Å². The largest absolute Gasteiger partial charge is 0.472 e. The first-order valence-electron chi connectivity index (χ1n) is 7.43. The highest BCUT2D eigenvalue weighted by Gasteiger charge is 2.26. The molecular weight excluding hydrogens is 298 g/mol. The number of amides is 1. The molecule has 0 radical (unpaired) electrons. The van der Waals surface area contributed by atoms with Crippen LogP contribution in [0.2, 0.25) is 0 Å². The van der Waals surface area contributed by atoms with E-state index in [1.54, 1.807) is 24.1 Å². The number of aromatic amines is 1. The number of aryl methyl sites for hydroxylation is 1. The van der Waals surface area contributed by atoms with Crippen LogP contribution in [0.3, 0.4) is 0 Å². The van der Waals surface area contributed by atoms with Crippen LogP contribution < -0.4 is 10.3 Å². The SMILES string of the molecule is Cc1nccc(OC2CCCN(C(=O)c3ccc(=O)[nH]n3)C2)n1. The van der Waals surface area contributed by atoms with E-state index < -0.39 is 0 Å². The normalized spacial score (nSPS) is 17.8. The molecule has 120 valence electrons. The van der Waals surface area contributed by atoms with Crippen molar-refractivity contribution >= 4 is 5.91 Å². The Labute approximate surface area is 132 Å². The molecule has 1 fully saturated rings. The first-order chi connectivity index (χ1) is 11.1. The molecule has 1 unspecified atom stereocenters. The molecule has 1 aliphatic heterocycles. The summed E-state index contributed by atoms with van der Waals surface area (Å²) in [7, 11) is 0. The zero-order valence-corrected chi connectivity index (χ0v) is 12.7. The van der Waals surface area contributed by atoms with Crippen LogP contribution in [0, 0.1) is 6.92 Å². The molecule has 8 nitrogen and oxygen atoms in total. The first-order valence-corrected chi connectivity index (χ1v) is 7.43. The number of nitrogens with zero attached hydrogens (tertiary/aromatic N) is 4. The third-order valence-corrected chi connectivity index (χ3v) is 3.60. The van der Waals surface area contributed by atoms with Crippen molar-refractivity contribution in [1.82, 2.24) is 25.1 Å². The van der Waals surface area contributed by atoms with E-state index in [2.05, 4.69) is 20.2 Å². The number of carbonyl (C=O) groups is 1. The lowest BCUT2D eigenvalue weighted by Gasteiger charge is -2.32. The zero-order valence-electron chi connectivity index (χ0n) is 12.7. The predicted molar refractivity (Wildman–Crippen MR) is 81.2 cm³/mol. The van der Waals surface area contributed by atoms with Crippen molar-refractivity contribution < 1.29 is 9.53 Å². The molecule has 2 aromatic rings. The lowest BCUT2D eigenvalue weighted by Crippen LogP contribution is -2.44. The monoisotopic (exact) mass is 315 g/mol. The summed E-state index contributed by atoms with van der Waals surface area (Å²) in [6.07, 6.45) is 3.22. The van der Waals surface area contributed by atoms with E-state index in [1.807, 2.05) is 0 Å². The van der Waals surface area contributed by atoms with E-state index in [1.165, 1.54) is 12.1 Å². The maximum absolute atomic E-state index is 12.4. The van der Waals surface area contributed by atoms with E-state index in [4.69, 9.17) is 4.74 Å². The maximum atomic E-state index is 12.4. The van der Waals surface area contributed by atoms with Crippen LogP contribution in [0.5, 0.6) is 5.88 Å². The Balaban J connectivity index is 1.67. The van der Waals surface area contributed by atoms with Gasteiger partial charge in [0.2, 0.25) is 5.88 Å². The summed E-state index contributed by atoms with van der Waals surface area (Å²) >= 11 is 0. The number of carbonyl (C=O) groups excluding carboxylic acids is 1. The molecule has 8 heteroatoms. The number of hydrogen-bond donors (Lipinski definition) is 1. The van der Waals surface area contributed by atoms with Crippen LogP contribution in [-0.4, -0.2) is 50.2 Å². The van der Waals surface area contributed by atoms with E-state index in [-0.39, 0.29) is 23.3 Å². The minimum absolute atomic E-state index is 0.121. The summed E-state index contributed by atoms with van der Waals surface area (Å²) in [5, 5.41) is 6.06. The molecule has 1 amide bonds. The van der Waals surface area contributed by atoms with E-state index in [0.29, 0.717) is 24.8 Å². The van der Waals surface area contributed by atoms with Crippen LogP contribution in [0.4, 0.5) is 0 Å². The van der Waals surface area contributed by atoms with E-state index in [0.717, 1.165) is 12.8 Å². The van der Waals surface area contributed by atoms with Crippen molar-refractivity contribution in [2.45, 2.75) is 25.9 Å². The molecule has 3 rings (SSSR count). The Morgan fingerprint density at radius 1 is 1.39 bits per heavy atom. The van der Waals surface area contributed by atoms with Crippen molar-refractivity contribution in [3.8, 4) is 5.88 Å². The molecule has 1 N–H and O–H groups in total. The fourth-order valence-corrected chi connectivity index (χ4v) is 2.52. The molecule has 0 bridgehead atoms. The molecule has 0 aliphatic carbocycles. The third kappa shape index (κ3) is 3.71. The van der Waals surface area contributed by atoms with Gasteiger partial charge in [0, 0.05) is 24.9 Å². The van der Waals surface area contributed by atoms with E-state index in [9.17, 15) is 9.59 Å². The summed E-state index contributed by atoms with van der Waals surface area (Å²) in [6, 6.07) is 4.43. The van der Waals surface area contributed by atoms with Gasteiger partial charge in [0.15, 0.2) is 0 Å². The van der Waals surface area contributed by atoms with Gasteiger partial charge in [0.05, 0.1) is 6.54 Å². The molecule has 0 aromatic carbocycles. The number of piperidine rings is 1. The van der Waals surface area contributed by atoms with Gasteiger partial charge < -0.3 is 9.64 Å². The van der Waals surface area contributed by atoms with Gasteiger partial charge >= 0.3 is 0 Å². The Morgan fingerprint density at radius 3 is 3.00 bits per heavy atom. The highest BCUT2D eigenvalue weighted by molar-refractivity contribution is 5.92. The van der Waals surface area contributed by atoms with Gasteiger partial charge in [-0.2, -0.15) is 10.1 Å². The second kappa shape index (κ2) is 6.55. The van der Waals surface area contributed by atoms with Crippen LogP contribution in [0.1, 0.15) is 29.2 Å². The Kier molecular flexibility index (Phi) is 4.31. The number of hydrogen-bond acceptors (Lipinski definition) is 6. The lowest BCUT2D eigenvalue weighted by atomic mass is 10.1. The molecule has 0 saturated carbocycles. The van der Waals surface area contributed by atoms with Crippen LogP contribution in [-0.2, 0) is 0 Å². The lowest BCUT2D eigenvalue weighted by molar-refractivity contribution is 0.0520. The van der Waals surface area contributed by atoms with Gasteiger partial charge in [0.1, 0.15) is 17.6 Å². The van der Waals surface area contributed by atoms with Gasteiger partial charge in [0.25, 0.3) is 11.5 Å². The summed E-state index contributed by atoms with van der Waals surface area (Å²) in [6.45, 7) is 2.90. The van der Waals surface area contributed by atoms with Gasteiger partial charge in [-0.05, 0) is 25.8 Å². The summed E-state index contributed by atoms with van der Waals surface area (Å²) < 4.78 is 5.85. The highest BCUT2D eigenvalue weighted by Crippen LogP contribution is 2.17. The molecule has 1 saturated heterocycles. The predicted octanol–water partition coefficient (Wildman–Crippen LogP) is 0.552. The molecule has 23 heavy (non-hydrogen) atoms. The zero-order chi connectivity index (χ0) is 16.2.